The number of thiophene rings is 1. The van der Waals surface area contributed by atoms with Gasteiger partial charge >= 0.3 is 0 Å². The Bertz CT molecular complexity index is 351. The summed E-state index contributed by atoms with van der Waals surface area (Å²) in [6.45, 7) is 5.12. The lowest BCUT2D eigenvalue weighted by molar-refractivity contribution is 0.242. The SMILES string of the molecule is Cc1ccsc1CNCC1(CN)CCCCCC1. The number of nitrogens with two attached hydrogens (primary N) is 1. The average Bonchev–Trinajstić information content (AvgIpc) is 2.66. The van der Waals surface area contributed by atoms with E-state index in [9.17, 15) is 0 Å². The Kier molecular flexibility index (Phi) is 5.22. The summed E-state index contributed by atoms with van der Waals surface area (Å²) >= 11 is 1.85. The second kappa shape index (κ2) is 6.69. The maximum absolute atomic E-state index is 6.06. The van der Waals surface area contributed by atoms with E-state index in [1.54, 1.807) is 0 Å². The van der Waals surface area contributed by atoms with E-state index >= 15 is 0 Å². The Morgan fingerprint density at radius 2 is 2.00 bits per heavy atom. The van der Waals surface area contributed by atoms with Crippen LogP contribution in [0.15, 0.2) is 11.4 Å². The molecule has 3 heteroatoms. The third-order valence-electron chi connectivity index (χ3n) is 4.35. The van der Waals surface area contributed by atoms with Gasteiger partial charge in [0, 0.05) is 18.0 Å². The van der Waals surface area contributed by atoms with Crippen LogP contribution in [0.5, 0.6) is 0 Å². The van der Waals surface area contributed by atoms with E-state index in [0.717, 1.165) is 19.6 Å². The summed E-state index contributed by atoms with van der Waals surface area (Å²) in [6.07, 6.45) is 8.12. The molecular weight excluding hydrogens is 240 g/mol. The average molecular weight is 266 g/mol. The standard InChI is InChI=1S/C15H26N2S/c1-13-6-9-18-14(13)10-17-12-15(11-16)7-4-2-3-5-8-15/h6,9,17H,2-5,7-8,10-12,16H2,1H3. The maximum Gasteiger partial charge on any atom is 0.0302 e. The van der Waals surface area contributed by atoms with Gasteiger partial charge in [-0.05, 0) is 48.7 Å². The molecule has 1 aliphatic carbocycles. The van der Waals surface area contributed by atoms with Crippen LogP contribution in [0.2, 0.25) is 0 Å². The Hall–Kier alpha value is -0.380. The van der Waals surface area contributed by atoms with Crippen molar-refractivity contribution in [3.8, 4) is 0 Å². The van der Waals surface area contributed by atoms with E-state index in [0.29, 0.717) is 5.41 Å². The van der Waals surface area contributed by atoms with Gasteiger partial charge in [0.1, 0.15) is 0 Å². The van der Waals surface area contributed by atoms with Crippen LogP contribution in [0.3, 0.4) is 0 Å². The summed E-state index contributed by atoms with van der Waals surface area (Å²) in [5, 5.41) is 5.83. The van der Waals surface area contributed by atoms with Crippen molar-refractivity contribution in [1.82, 2.24) is 5.32 Å². The van der Waals surface area contributed by atoms with Crippen LogP contribution in [-0.4, -0.2) is 13.1 Å². The molecule has 0 aliphatic heterocycles. The molecule has 2 rings (SSSR count). The highest BCUT2D eigenvalue weighted by Gasteiger charge is 2.28. The number of nitrogens with one attached hydrogen (secondary N) is 1. The molecule has 0 aromatic carbocycles. The van der Waals surface area contributed by atoms with Crippen LogP contribution in [0.1, 0.15) is 49.0 Å². The molecule has 1 saturated carbocycles. The first-order chi connectivity index (χ1) is 8.76. The zero-order chi connectivity index (χ0) is 12.8. The third-order valence-corrected chi connectivity index (χ3v) is 5.37. The van der Waals surface area contributed by atoms with Gasteiger partial charge in [0.15, 0.2) is 0 Å². The van der Waals surface area contributed by atoms with Gasteiger partial charge in [0.25, 0.3) is 0 Å². The minimum atomic E-state index is 0.363. The second-order valence-corrected chi connectivity index (χ2v) is 6.75. The minimum absolute atomic E-state index is 0.363. The summed E-state index contributed by atoms with van der Waals surface area (Å²) in [4.78, 5) is 1.47. The van der Waals surface area contributed by atoms with Crippen LogP contribution in [0, 0.1) is 12.3 Å². The Balaban J connectivity index is 1.84. The van der Waals surface area contributed by atoms with Crippen molar-refractivity contribution in [2.45, 2.75) is 52.0 Å². The van der Waals surface area contributed by atoms with Gasteiger partial charge < -0.3 is 11.1 Å². The van der Waals surface area contributed by atoms with E-state index in [4.69, 9.17) is 5.73 Å². The fourth-order valence-corrected chi connectivity index (χ4v) is 3.83. The maximum atomic E-state index is 6.06. The van der Waals surface area contributed by atoms with Crippen molar-refractivity contribution in [3.63, 3.8) is 0 Å². The second-order valence-electron chi connectivity index (χ2n) is 5.75. The lowest BCUT2D eigenvalue weighted by Gasteiger charge is -2.31. The molecule has 102 valence electrons. The summed E-state index contributed by atoms with van der Waals surface area (Å²) in [5.74, 6) is 0. The van der Waals surface area contributed by atoms with Crippen molar-refractivity contribution < 1.29 is 0 Å². The molecule has 0 saturated heterocycles. The van der Waals surface area contributed by atoms with E-state index in [1.807, 2.05) is 11.3 Å². The molecule has 0 amide bonds. The highest BCUT2D eigenvalue weighted by molar-refractivity contribution is 7.10. The highest BCUT2D eigenvalue weighted by atomic mass is 32.1. The summed E-state index contributed by atoms with van der Waals surface area (Å²) < 4.78 is 0. The van der Waals surface area contributed by atoms with Crippen LogP contribution in [0.4, 0.5) is 0 Å². The molecular formula is C15H26N2S. The molecule has 1 aromatic rings. The van der Waals surface area contributed by atoms with E-state index in [1.165, 1.54) is 49.0 Å². The van der Waals surface area contributed by atoms with Crippen LogP contribution >= 0.6 is 11.3 Å². The van der Waals surface area contributed by atoms with Gasteiger partial charge in [0.05, 0.1) is 0 Å². The zero-order valence-corrected chi connectivity index (χ0v) is 12.3. The van der Waals surface area contributed by atoms with Gasteiger partial charge in [0.2, 0.25) is 0 Å². The molecule has 3 N–H and O–H groups in total. The first-order valence-electron chi connectivity index (χ1n) is 7.19. The normalized spacial score (nSPS) is 19.7. The lowest BCUT2D eigenvalue weighted by atomic mass is 9.80. The van der Waals surface area contributed by atoms with Crippen LogP contribution in [-0.2, 0) is 6.54 Å². The smallest absolute Gasteiger partial charge is 0.0302 e. The molecule has 1 fully saturated rings. The Labute approximate surface area is 115 Å². The number of hydrogen-bond donors (Lipinski definition) is 2. The van der Waals surface area contributed by atoms with Gasteiger partial charge in [-0.25, -0.2) is 0 Å². The minimum Gasteiger partial charge on any atom is -0.330 e. The van der Waals surface area contributed by atoms with Crippen LogP contribution < -0.4 is 11.1 Å². The fourth-order valence-electron chi connectivity index (χ4n) is 2.96. The van der Waals surface area contributed by atoms with Crippen molar-refractivity contribution in [2.24, 2.45) is 11.1 Å². The molecule has 1 aromatic heterocycles. The van der Waals surface area contributed by atoms with Crippen LogP contribution in [0.25, 0.3) is 0 Å². The lowest BCUT2D eigenvalue weighted by Crippen LogP contribution is -2.39. The highest BCUT2D eigenvalue weighted by Crippen LogP contribution is 2.33. The fraction of sp³-hybridized carbons (Fsp3) is 0.733. The van der Waals surface area contributed by atoms with E-state index in [-0.39, 0.29) is 0 Å². The van der Waals surface area contributed by atoms with Crippen molar-refractivity contribution >= 4 is 11.3 Å². The first kappa shape index (κ1) is 14.0. The monoisotopic (exact) mass is 266 g/mol. The topological polar surface area (TPSA) is 38.0 Å². The summed E-state index contributed by atoms with van der Waals surface area (Å²) in [5.41, 5.74) is 7.83. The first-order valence-corrected chi connectivity index (χ1v) is 8.07. The molecule has 18 heavy (non-hydrogen) atoms. The Morgan fingerprint density at radius 3 is 2.56 bits per heavy atom. The summed E-state index contributed by atoms with van der Waals surface area (Å²) in [6, 6.07) is 2.20. The molecule has 0 radical (unpaired) electrons. The van der Waals surface area contributed by atoms with Crippen molar-refractivity contribution in [1.29, 1.82) is 0 Å². The Morgan fingerprint density at radius 1 is 1.28 bits per heavy atom. The predicted octanol–water partition coefficient (Wildman–Crippen LogP) is 3.45. The predicted molar refractivity (Wildman–Crippen MR) is 80.0 cm³/mol. The summed E-state index contributed by atoms with van der Waals surface area (Å²) in [7, 11) is 0. The molecule has 1 heterocycles. The number of rotatable bonds is 5. The van der Waals surface area contributed by atoms with Gasteiger partial charge in [-0.1, -0.05) is 25.7 Å². The third kappa shape index (κ3) is 3.56. The number of aryl methyl sites for hydroxylation is 1. The van der Waals surface area contributed by atoms with Gasteiger partial charge in [-0.15, -0.1) is 11.3 Å². The molecule has 0 unspecified atom stereocenters. The number of hydrogen-bond acceptors (Lipinski definition) is 3. The quantitative estimate of drug-likeness (QED) is 0.801. The van der Waals surface area contributed by atoms with E-state index < -0.39 is 0 Å². The van der Waals surface area contributed by atoms with Gasteiger partial charge in [-0.2, -0.15) is 0 Å². The largest absolute Gasteiger partial charge is 0.330 e. The molecule has 2 nitrogen and oxygen atoms in total. The van der Waals surface area contributed by atoms with Gasteiger partial charge in [-0.3, -0.25) is 0 Å². The van der Waals surface area contributed by atoms with Crippen molar-refractivity contribution in [3.05, 3.63) is 21.9 Å². The zero-order valence-electron chi connectivity index (χ0n) is 11.5. The molecule has 0 atom stereocenters. The molecule has 1 aliphatic rings. The molecule has 0 spiro atoms. The van der Waals surface area contributed by atoms with E-state index in [2.05, 4.69) is 23.7 Å². The molecule has 0 bridgehead atoms. The van der Waals surface area contributed by atoms with Crippen molar-refractivity contribution in [2.75, 3.05) is 13.1 Å².